The SMILES string of the molecule is CCCCOC(=O)CCCCC(=O)OC(CC)C(C)C. The molecule has 0 aromatic carbocycles. The fraction of sp³-hybridized carbons (Fsp3) is 0.875. The van der Waals surface area contributed by atoms with E-state index in [2.05, 4.69) is 6.92 Å². The lowest BCUT2D eigenvalue weighted by atomic mass is 10.1. The number of rotatable bonds is 11. The van der Waals surface area contributed by atoms with Crippen LogP contribution in [0.5, 0.6) is 0 Å². The molecule has 0 aliphatic rings. The van der Waals surface area contributed by atoms with Gasteiger partial charge in [-0.1, -0.05) is 34.1 Å². The number of unbranched alkanes of at least 4 members (excludes halogenated alkanes) is 2. The van der Waals surface area contributed by atoms with Gasteiger partial charge in [0.05, 0.1) is 6.61 Å². The van der Waals surface area contributed by atoms with Crippen molar-refractivity contribution in [2.24, 2.45) is 5.92 Å². The van der Waals surface area contributed by atoms with E-state index in [1.807, 2.05) is 20.8 Å². The first-order chi connectivity index (χ1) is 9.51. The van der Waals surface area contributed by atoms with Crippen LogP contribution >= 0.6 is 0 Å². The largest absolute Gasteiger partial charge is 0.466 e. The van der Waals surface area contributed by atoms with Crippen LogP contribution < -0.4 is 0 Å². The van der Waals surface area contributed by atoms with Crippen LogP contribution in [0.4, 0.5) is 0 Å². The van der Waals surface area contributed by atoms with Gasteiger partial charge in [0.1, 0.15) is 6.10 Å². The van der Waals surface area contributed by atoms with Crippen molar-refractivity contribution in [3.05, 3.63) is 0 Å². The Morgan fingerprint density at radius 2 is 1.55 bits per heavy atom. The zero-order chi connectivity index (χ0) is 15.4. The van der Waals surface area contributed by atoms with E-state index in [-0.39, 0.29) is 18.0 Å². The smallest absolute Gasteiger partial charge is 0.306 e. The minimum absolute atomic E-state index is 0.00140. The summed E-state index contributed by atoms with van der Waals surface area (Å²) >= 11 is 0. The molecule has 0 saturated carbocycles. The second-order valence-corrected chi connectivity index (χ2v) is 5.46. The maximum absolute atomic E-state index is 11.6. The summed E-state index contributed by atoms with van der Waals surface area (Å²) < 4.78 is 10.4. The van der Waals surface area contributed by atoms with Gasteiger partial charge in [0.15, 0.2) is 0 Å². The van der Waals surface area contributed by atoms with Crippen molar-refractivity contribution in [2.75, 3.05) is 6.61 Å². The van der Waals surface area contributed by atoms with Crippen LogP contribution in [0.25, 0.3) is 0 Å². The van der Waals surface area contributed by atoms with Crippen molar-refractivity contribution in [1.82, 2.24) is 0 Å². The lowest BCUT2D eigenvalue weighted by Crippen LogP contribution is -2.22. The standard InChI is InChI=1S/C16H30O4/c1-5-7-12-19-15(17)10-8-9-11-16(18)20-14(6-2)13(3)4/h13-14H,5-12H2,1-4H3. The van der Waals surface area contributed by atoms with Crippen LogP contribution in [0.3, 0.4) is 0 Å². The summed E-state index contributed by atoms with van der Waals surface area (Å²) in [7, 11) is 0. The van der Waals surface area contributed by atoms with E-state index in [0.717, 1.165) is 19.3 Å². The Hall–Kier alpha value is -1.06. The molecule has 20 heavy (non-hydrogen) atoms. The molecular formula is C16H30O4. The van der Waals surface area contributed by atoms with Gasteiger partial charge in [-0.2, -0.15) is 0 Å². The third kappa shape index (κ3) is 9.82. The first-order valence-electron chi connectivity index (χ1n) is 7.86. The lowest BCUT2D eigenvalue weighted by Gasteiger charge is -2.19. The highest BCUT2D eigenvalue weighted by Gasteiger charge is 2.15. The summed E-state index contributed by atoms with van der Waals surface area (Å²) in [6.07, 6.45) is 4.90. The van der Waals surface area contributed by atoms with Crippen molar-refractivity contribution in [3.8, 4) is 0 Å². The molecule has 0 aromatic heterocycles. The first kappa shape index (κ1) is 18.9. The number of ether oxygens (including phenoxy) is 2. The van der Waals surface area contributed by atoms with Crippen molar-refractivity contribution < 1.29 is 19.1 Å². The van der Waals surface area contributed by atoms with E-state index in [1.165, 1.54) is 0 Å². The molecule has 1 unspecified atom stereocenters. The normalized spacial score (nSPS) is 12.2. The number of hydrogen-bond donors (Lipinski definition) is 0. The number of carbonyl (C=O) groups excluding carboxylic acids is 2. The Balaban J connectivity index is 3.63. The number of carbonyl (C=O) groups is 2. The molecule has 0 aliphatic carbocycles. The predicted octanol–water partition coefficient (Wildman–Crippen LogP) is 3.87. The fourth-order valence-corrected chi connectivity index (χ4v) is 1.86. The number of esters is 2. The molecule has 4 nitrogen and oxygen atoms in total. The maximum atomic E-state index is 11.6. The number of hydrogen-bond acceptors (Lipinski definition) is 4. The van der Waals surface area contributed by atoms with Gasteiger partial charge in [0.25, 0.3) is 0 Å². The Bertz CT molecular complexity index is 274. The van der Waals surface area contributed by atoms with Crippen molar-refractivity contribution in [3.63, 3.8) is 0 Å². The summed E-state index contributed by atoms with van der Waals surface area (Å²) in [6.45, 7) is 8.68. The average molecular weight is 286 g/mol. The molecule has 0 fully saturated rings. The molecule has 0 bridgehead atoms. The van der Waals surface area contributed by atoms with E-state index in [4.69, 9.17) is 9.47 Å². The topological polar surface area (TPSA) is 52.6 Å². The second-order valence-electron chi connectivity index (χ2n) is 5.46. The van der Waals surface area contributed by atoms with Crippen LogP contribution in [-0.4, -0.2) is 24.6 Å². The molecule has 0 amide bonds. The molecule has 0 radical (unpaired) electrons. The van der Waals surface area contributed by atoms with E-state index >= 15 is 0 Å². The molecule has 118 valence electrons. The maximum Gasteiger partial charge on any atom is 0.306 e. The highest BCUT2D eigenvalue weighted by molar-refractivity contribution is 5.70. The third-order valence-electron chi connectivity index (χ3n) is 3.20. The Morgan fingerprint density at radius 1 is 0.950 bits per heavy atom. The minimum Gasteiger partial charge on any atom is -0.466 e. The van der Waals surface area contributed by atoms with Crippen LogP contribution in [0.15, 0.2) is 0 Å². The molecular weight excluding hydrogens is 256 g/mol. The van der Waals surface area contributed by atoms with Gasteiger partial charge >= 0.3 is 11.9 Å². The van der Waals surface area contributed by atoms with Crippen LogP contribution in [0.1, 0.15) is 72.6 Å². The molecule has 0 aromatic rings. The van der Waals surface area contributed by atoms with Gasteiger partial charge in [-0.25, -0.2) is 0 Å². The molecule has 0 aliphatic heterocycles. The van der Waals surface area contributed by atoms with Gasteiger partial charge < -0.3 is 9.47 Å². The monoisotopic (exact) mass is 286 g/mol. The van der Waals surface area contributed by atoms with E-state index in [0.29, 0.717) is 38.2 Å². The van der Waals surface area contributed by atoms with E-state index in [1.54, 1.807) is 0 Å². The molecule has 0 rings (SSSR count). The summed E-state index contributed by atoms with van der Waals surface area (Å²) in [6, 6.07) is 0. The van der Waals surface area contributed by atoms with Gasteiger partial charge in [0.2, 0.25) is 0 Å². The Kier molecular flexibility index (Phi) is 11.1. The molecule has 1 atom stereocenters. The van der Waals surface area contributed by atoms with E-state index < -0.39 is 0 Å². The predicted molar refractivity (Wildman–Crippen MR) is 79.3 cm³/mol. The van der Waals surface area contributed by atoms with Crippen molar-refractivity contribution in [2.45, 2.75) is 78.7 Å². The Morgan fingerprint density at radius 3 is 2.05 bits per heavy atom. The highest BCUT2D eigenvalue weighted by Crippen LogP contribution is 2.12. The molecule has 0 N–H and O–H groups in total. The molecule has 0 saturated heterocycles. The van der Waals surface area contributed by atoms with E-state index in [9.17, 15) is 9.59 Å². The summed E-state index contributed by atoms with van der Waals surface area (Å²) in [5, 5.41) is 0. The minimum atomic E-state index is -0.166. The van der Waals surface area contributed by atoms with Crippen LogP contribution in [0.2, 0.25) is 0 Å². The van der Waals surface area contributed by atoms with Crippen molar-refractivity contribution >= 4 is 11.9 Å². The lowest BCUT2D eigenvalue weighted by molar-refractivity contribution is -0.152. The fourth-order valence-electron chi connectivity index (χ4n) is 1.86. The summed E-state index contributed by atoms with van der Waals surface area (Å²) in [5.41, 5.74) is 0. The molecule has 0 heterocycles. The summed E-state index contributed by atoms with van der Waals surface area (Å²) in [4.78, 5) is 23.0. The third-order valence-corrected chi connectivity index (χ3v) is 3.20. The zero-order valence-electron chi connectivity index (χ0n) is 13.4. The summed E-state index contributed by atoms with van der Waals surface area (Å²) in [5.74, 6) is 0.0165. The highest BCUT2D eigenvalue weighted by atomic mass is 16.5. The van der Waals surface area contributed by atoms with Crippen LogP contribution in [-0.2, 0) is 19.1 Å². The quantitative estimate of drug-likeness (QED) is 0.427. The molecule has 4 heteroatoms. The first-order valence-corrected chi connectivity index (χ1v) is 7.86. The van der Waals surface area contributed by atoms with Crippen molar-refractivity contribution in [1.29, 1.82) is 0 Å². The van der Waals surface area contributed by atoms with Gasteiger partial charge in [-0.05, 0) is 31.6 Å². The van der Waals surface area contributed by atoms with Gasteiger partial charge in [-0.3, -0.25) is 9.59 Å². The Labute approximate surface area is 123 Å². The second kappa shape index (κ2) is 11.7. The average Bonchev–Trinajstić information content (AvgIpc) is 2.41. The zero-order valence-corrected chi connectivity index (χ0v) is 13.4. The molecule has 0 spiro atoms. The van der Waals surface area contributed by atoms with Gasteiger partial charge in [-0.15, -0.1) is 0 Å². The van der Waals surface area contributed by atoms with Gasteiger partial charge in [0, 0.05) is 12.8 Å². The van der Waals surface area contributed by atoms with Crippen LogP contribution in [0, 0.1) is 5.92 Å².